The maximum absolute atomic E-state index is 5.51. The van der Waals surface area contributed by atoms with Crippen molar-refractivity contribution < 1.29 is 36.0 Å². The van der Waals surface area contributed by atoms with E-state index in [0.29, 0.717) is 26.4 Å². The number of halogens is 2. The van der Waals surface area contributed by atoms with E-state index >= 15 is 0 Å². The Hall–Kier alpha value is -5.58. The molecule has 0 aliphatic carbocycles. The summed E-state index contributed by atoms with van der Waals surface area (Å²) >= 11 is 6.97. The van der Waals surface area contributed by atoms with Gasteiger partial charge in [0.15, 0.2) is 0 Å². The second-order valence-corrected chi connectivity index (χ2v) is 14.4. The SMILES string of the molecule is CCOc1ccc(N=CC=C([N-]c2ccc(OCC)cc2)c2ccc(Br)cc2)cc1.CCOc1ccc(N=CC=C([N-]c2ccc(OCC)cc2)c2ccc(Br)cc2)cc1.[Cu+2]. The Bertz CT molecular complexity index is 2130. The van der Waals surface area contributed by atoms with Gasteiger partial charge in [0.1, 0.15) is 23.0 Å². The van der Waals surface area contributed by atoms with Gasteiger partial charge in [0.05, 0.1) is 37.8 Å². The average molecular weight is 992 g/mol. The van der Waals surface area contributed by atoms with E-state index in [1.54, 1.807) is 12.4 Å². The molecule has 1 radical (unpaired) electrons. The molecule has 0 heterocycles. The molecule has 6 aromatic rings. The molecule has 0 aromatic heterocycles. The Morgan fingerprint density at radius 1 is 0.426 bits per heavy atom. The molecule has 6 rings (SSSR count). The van der Waals surface area contributed by atoms with E-state index in [0.717, 1.165) is 77.2 Å². The van der Waals surface area contributed by atoms with Gasteiger partial charge in [-0.2, -0.15) is 0 Å². The van der Waals surface area contributed by atoms with Gasteiger partial charge in [-0.1, -0.05) is 92.5 Å². The van der Waals surface area contributed by atoms with Crippen LogP contribution in [0.3, 0.4) is 0 Å². The zero-order chi connectivity index (χ0) is 42.4. The molecule has 0 spiro atoms. The fraction of sp³-hybridized carbons (Fsp3) is 0.160. The number of allylic oxidation sites excluding steroid dienone is 2. The summed E-state index contributed by atoms with van der Waals surface area (Å²) in [4.78, 5) is 9.05. The van der Waals surface area contributed by atoms with Gasteiger partial charge in [-0.3, -0.25) is 9.98 Å². The molecule has 61 heavy (non-hydrogen) atoms. The first-order valence-corrected chi connectivity index (χ1v) is 21.3. The minimum atomic E-state index is 0. The maximum atomic E-state index is 5.51. The topological polar surface area (TPSA) is 89.8 Å². The Balaban J connectivity index is 0.000000264. The zero-order valence-electron chi connectivity index (χ0n) is 34.5. The number of hydrogen-bond donors (Lipinski definition) is 0. The van der Waals surface area contributed by atoms with E-state index in [-0.39, 0.29) is 17.1 Å². The molecule has 11 heteroatoms. The predicted octanol–water partition coefficient (Wildman–Crippen LogP) is 15.4. The smallest absolute Gasteiger partial charge is 0.657 e. The van der Waals surface area contributed by atoms with Gasteiger partial charge in [0, 0.05) is 21.4 Å². The van der Waals surface area contributed by atoms with E-state index in [1.807, 2.05) is 185 Å². The number of hydrogen-bond acceptors (Lipinski definition) is 6. The summed E-state index contributed by atoms with van der Waals surface area (Å²) < 4.78 is 24.0. The van der Waals surface area contributed by atoms with Gasteiger partial charge in [-0.05, 0) is 136 Å². The first-order chi connectivity index (χ1) is 29.3. The van der Waals surface area contributed by atoms with Crippen molar-refractivity contribution in [3.63, 3.8) is 0 Å². The van der Waals surface area contributed by atoms with Gasteiger partial charge in [0.25, 0.3) is 0 Å². The molecule has 6 aromatic carbocycles. The normalized spacial score (nSPS) is 11.3. The third-order valence-electron chi connectivity index (χ3n) is 8.28. The minimum Gasteiger partial charge on any atom is -0.657 e. The summed E-state index contributed by atoms with van der Waals surface area (Å²) in [6, 6.07) is 47.0. The molecule has 0 fully saturated rings. The van der Waals surface area contributed by atoms with Crippen molar-refractivity contribution in [3.8, 4) is 23.0 Å². The number of nitrogens with zero attached hydrogens (tertiary/aromatic N) is 4. The fourth-order valence-corrected chi connectivity index (χ4v) is 5.99. The van der Waals surface area contributed by atoms with Crippen LogP contribution in [0.2, 0.25) is 0 Å². The van der Waals surface area contributed by atoms with Crippen molar-refractivity contribution in [2.24, 2.45) is 9.98 Å². The van der Waals surface area contributed by atoms with Crippen molar-refractivity contribution in [3.05, 3.63) is 188 Å². The van der Waals surface area contributed by atoms with Crippen molar-refractivity contribution in [1.82, 2.24) is 0 Å². The van der Waals surface area contributed by atoms with Gasteiger partial charge in [-0.15, -0.1) is 22.8 Å². The van der Waals surface area contributed by atoms with Crippen LogP contribution in [0.15, 0.2) is 177 Å². The Kier molecular flexibility index (Phi) is 21.0. The average Bonchev–Trinajstić information content (AvgIpc) is 3.27. The number of benzene rings is 6. The first kappa shape index (κ1) is 48.1. The molecule has 0 saturated heterocycles. The summed E-state index contributed by atoms with van der Waals surface area (Å²) in [5.74, 6) is 3.35. The number of ether oxygens (including phenoxy) is 4. The van der Waals surface area contributed by atoms with Crippen LogP contribution in [0.25, 0.3) is 22.0 Å². The van der Waals surface area contributed by atoms with Gasteiger partial charge < -0.3 is 29.6 Å². The first-order valence-electron chi connectivity index (χ1n) is 19.7. The second-order valence-electron chi connectivity index (χ2n) is 12.6. The summed E-state index contributed by atoms with van der Waals surface area (Å²) in [6.07, 6.45) is 7.36. The minimum absolute atomic E-state index is 0. The third kappa shape index (κ3) is 16.8. The van der Waals surface area contributed by atoms with Crippen LogP contribution in [0, 0.1) is 0 Å². The second kappa shape index (κ2) is 26.6. The van der Waals surface area contributed by atoms with Crippen LogP contribution < -0.4 is 18.9 Å². The van der Waals surface area contributed by atoms with Gasteiger partial charge in [-0.25, -0.2) is 0 Å². The monoisotopic (exact) mass is 989 g/mol. The van der Waals surface area contributed by atoms with Crippen LogP contribution in [-0.2, 0) is 17.1 Å². The largest absolute Gasteiger partial charge is 2.00 e. The Morgan fingerprint density at radius 2 is 0.705 bits per heavy atom. The molecule has 0 unspecified atom stereocenters. The van der Waals surface area contributed by atoms with Crippen molar-refractivity contribution in [2.75, 3.05) is 26.4 Å². The van der Waals surface area contributed by atoms with Gasteiger partial charge in [0.2, 0.25) is 0 Å². The van der Waals surface area contributed by atoms with Crippen LogP contribution >= 0.6 is 31.9 Å². The summed E-state index contributed by atoms with van der Waals surface area (Å²) in [5.41, 5.74) is 7.05. The maximum Gasteiger partial charge on any atom is 2.00 e. The molecular weight excluding hydrogens is 944 g/mol. The molecule has 0 aliphatic rings. The quantitative estimate of drug-likeness (QED) is 0.0634. The van der Waals surface area contributed by atoms with E-state index in [4.69, 9.17) is 29.6 Å². The fourth-order valence-electron chi connectivity index (χ4n) is 5.46. The van der Waals surface area contributed by atoms with Crippen molar-refractivity contribution in [1.29, 1.82) is 0 Å². The van der Waals surface area contributed by atoms with E-state index < -0.39 is 0 Å². The van der Waals surface area contributed by atoms with Crippen LogP contribution in [0.1, 0.15) is 38.8 Å². The number of aliphatic imine (C=N–C) groups is 2. The molecular formula is C50H48Br2CuN4O4. The van der Waals surface area contributed by atoms with Crippen LogP contribution in [0.4, 0.5) is 22.7 Å². The zero-order valence-corrected chi connectivity index (χ0v) is 38.6. The van der Waals surface area contributed by atoms with Crippen molar-refractivity contribution >= 4 is 78.4 Å². The van der Waals surface area contributed by atoms with Crippen molar-refractivity contribution in [2.45, 2.75) is 27.7 Å². The molecule has 0 bridgehead atoms. The summed E-state index contributed by atoms with van der Waals surface area (Å²) in [7, 11) is 0. The molecule has 0 amide bonds. The predicted molar refractivity (Wildman–Crippen MR) is 257 cm³/mol. The third-order valence-corrected chi connectivity index (χ3v) is 9.34. The van der Waals surface area contributed by atoms with E-state index in [9.17, 15) is 0 Å². The van der Waals surface area contributed by atoms with Crippen LogP contribution in [-0.4, -0.2) is 38.9 Å². The molecule has 8 nitrogen and oxygen atoms in total. The molecule has 0 N–H and O–H groups in total. The Labute approximate surface area is 387 Å². The van der Waals surface area contributed by atoms with E-state index in [2.05, 4.69) is 41.8 Å². The molecule has 0 aliphatic heterocycles. The summed E-state index contributed by atoms with van der Waals surface area (Å²) in [5, 5.41) is 9.62. The molecule has 0 saturated carbocycles. The van der Waals surface area contributed by atoms with Gasteiger partial charge >= 0.3 is 17.1 Å². The summed E-state index contributed by atoms with van der Waals surface area (Å²) in [6.45, 7) is 10.4. The molecule has 0 atom stereocenters. The number of rotatable bonds is 18. The van der Waals surface area contributed by atoms with E-state index in [1.165, 1.54) is 0 Å². The Morgan fingerprint density at radius 3 is 0.984 bits per heavy atom. The standard InChI is InChI=1S/2C25H24BrN2O2.Cu/c2*1-3-29-23-13-9-21(10-14-23)27-18-17-25(19-5-7-20(26)8-6-19)28-22-11-15-24(16-12-22)30-4-2;/h2*5-18H,3-4H2,1-2H3;/q2*-1;+2. The molecule has 317 valence electrons. The van der Waals surface area contributed by atoms with Crippen LogP contribution in [0.5, 0.6) is 23.0 Å².